The van der Waals surface area contributed by atoms with Crippen LogP contribution in [0.5, 0.6) is 0 Å². The molecule has 0 spiro atoms. The minimum Gasteiger partial charge on any atom is -0.466 e. The van der Waals surface area contributed by atoms with E-state index >= 15 is 0 Å². The first-order chi connectivity index (χ1) is 9.13. The Kier molecular flexibility index (Phi) is 4.71. The zero-order valence-corrected chi connectivity index (χ0v) is 12.0. The molecular weight excluding hydrogens is 316 g/mol. The number of nitrogens with one attached hydrogen (secondary N) is 1. The van der Waals surface area contributed by atoms with Crippen LogP contribution in [0.4, 0.5) is 8.78 Å². The van der Waals surface area contributed by atoms with E-state index in [-0.39, 0.29) is 5.56 Å². The number of benzene rings is 1. The van der Waals surface area contributed by atoms with Gasteiger partial charge in [-0.3, -0.25) is 0 Å². The maximum Gasteiger partial charge on any atom is 0.139 e. The highest BCUT2D eigenvalue weighted by Gasteiger charge is 2.23. The zero-order valence-electron chi connectivity index (χ0n) is 10.4. The molecule has 2 aromatic rings. The highest BCUT2D eigenvalue weighted by atomic mass is 79.9. The third kappa shape index (κ3) is 3.22. The summed E-state index contributed by atoms with van der Waals surface area (Å²) < 4.78 is 33.3. The van der Waals surface area contributed by atoms with E-state index in [0.29, 0.717) is 12.3 Å². The Morgan fingerprint density at radius 2 is 2.11 bits per heavy atom. The fourth-order valence-corrected chi connectivity index (χ4v) is 2.31. The molecule has 102 valence electrons. The molecule has 0 aliphatic carbocycles. The molecule has 2 rings (SSSR count). The quantitative estimate of drug-likeness (QED) is 0.878. The lowest BCUT2D eigenvalue weighted by Crippen LogP contribution is -2.24. The maximum atomic E-state index is 13.9. The Bertz CT molecular complexity index is 556. The van der Waals surface area contributed by atoms with Gasteiger partial charge in [0.2, 0.25) is 0 Å². The predicted octanol–water partition coefficient (Wildman–Crippen LogP) is 4.41. The number of hydrogen-bond acceptors (Lipinski definition) is 2. The van der Waals surface area contributed by atoms with Crippen LogP contribution in [0.3, 0.4) is 0 Å². The topological polar surface area (TPSA) is 25.2 Å². The van der Waals surface area contributed by atoms with Gasteiger partial charge in [-0.15, -0.1) is 0 Å². The van der Waals surface area contributed by atoms with Crippen molar-refractivity contribution in [3.63, 3.8) is 0 Å². The van der Waals surface area contributed by atoms with Crippen molar-refractivity contribution in [1.29, 1.82) is 0 Å². The zero-order chi connectivity index (χ0) is 13.8. The summed E-state index contributed by atoms with van der Waals surface area (Å²) in [4.78, 5) is 0. The average molecular weight is 330 g/mol. The van der Waals surface area contributed by atoms with Crippen LogP contribution in [-0.2, 0) is 0 Å². The first kappa shape index (κ1) is 14.2. The second-order valence-electron chi connectivity index (χ2n) is 4.19. The van der Waals surface area contributed by atoms with Gasteiger partial charge in [0.25, 0.3) is 0 Å². The third-order valence-corrected chi connectivity index (χ3v) is 3.43. The van der Waals surface area contributed by atoms with Crippen LogP contribution in [0, 0.1) is 11.6 Å². The summed E-state index contributed by atoms with van der Waals surface area (Å²) in [7, 11) is 0. The van der Waals surface area contributed by atoms with Crippen molar-refractivity contribution in [1.82, 2.24) is 5.32 Å². The summed E-state index contributed by atoms with van der Waals surface area (Å²) >= 11 is 3.35. The van der Waals surface area contributed by atoms with Gasteiger partial charge in [-0.2, -0.15) is 0 Å². The fraction of sp³-hybridized carbons (Fsp3) is 0.286. The first-order valence-corrected chi connectivity index (χ1v) is 6.84. The molecule has 1 unspecified atom stereocenters. The minimum absolute atomic E-state index is 0.240. The average Bonchev–Trinajstić information content (AvgIpc) is 2.80. The largest absolute Gasteiger partial charge is 0.466 e. The monoisotopic (exact) mass is 329 g/mol. The summed E-state index contributed by atoms with van der Waals surface area (Å²) in [6, 6.07) is 4.64. The molecule has 1 aromatic carbocycles. The van der Waals surface area contributed by atoms with Crippen molar-refractivity contribution in [3.8, 4) is 0 Å². The van der Waals surface area contributed by atoms with E-state index in [2.05, 4.69) is 21.2 Å². The summed E-state index contributed by atoms with van der Waals surface area (Å²) in [5, 5.41) is 3.17. The Morgan fingerprint density at radius 1 is 1.32 bits per heavy atom. The normalized spacial score (nSPS) is 12.6. The van der Waals surface area contributed by atoms with E-state index in [4.69, 9.17) is 4.42 Å². The van der Waals surface area contributed by atoms with Crippen molar-refractivity contribution >= 4 is 15.9 Å². The third-order valence-electron chi connectivity index (χ3n) is 2.77. The van der Waals surface area contributed by atoms with E-state index in [1.54, 1.807) is 6.07 Å². The number of furan rings is 1. The SMILES string of the molecule is CCCNC(c1cc(F)ccc1F)c1occc1Br. The molecule has 0 aliphatic rings. The first-order valence-electron chi connectivity index (χ1n) is 6.04. The van der Waals surface area contributed by atoms with Crippen molar-refractivity contribution in [2.45, 2.75) is 19.4 Å². The lowest BCUT2D eigenvalue weighted by molar-refractivity contribution is 0.432. The van der Waals surface area contributed by atoms with Crippen molar-refractivity contribution in [2.24, 2.45) is 0 Å². The lowest BCUT2D eigenvalue weighted by atomic mass is 10.0. The highest BCUT2D eigenvalue weighted by Crippen LogP contribution is 2.31. The van der Waals surface area contributed by atoms with Gasteiger partial charge < -0.3 is 9.73 Å². The highest BCUT2D eigenvalue weighted by molar-refractivity contribution is 9.10. The molecule has 2 nitrogen and oxygen atoms in total. The number of rotatable bonds is 5. The molecule has 0 bridgehead atoms. The summed E-state index contributed by atoms with van der Waals surface area (Å²) in [6.45, 7) is 2.68. The van der Waals surface area contributed by atoms with Crippen LogP contribution in [0.1, 0.15) is 30.7 Å². The lowest BCUT2D eigenvalue weighted by Gasteiger charge is -2.18. The molecule has 0 fully saturated rings. The summed E-state index contributed by atoms with van der Waals surface area (Å²) in [5.74, 6) is -0.390. The van der Waals surface area contributed by atoms with Gasteiger partial charge in [0.1, 0.15) is 17.4 Å². The fourth-order valence-electron chi connectivity index (χ4n) is 1.88. The predicted molar refractivity (Wildman–Crippen MR) is 72.9 cm³/mol. The summed E-state index contributed by atoms with van der Waals surface area (Å²) in [5.41, 5.74) is 0.240. The molecule has 0 saturated carbocycles. The van der Waals surface area contributed by atoms with Crippen molar-refractivity contribution in [2.75, 3.05) is 6.54 Å². The summed E-state index contributed by atoms with van der Waals surface area (Å²) in [6.07, 6.45) is 2.39. The van der Waals surface area contributed by atoms with Gasteiger partial charge in [-0.25, -0.2) is 8.78 Å². The standard InChI is InChI=1S/C14H14BrF2NO/c1-2-6-18-13(14-11(15)5-7-19-14)10-8-9(16)3-4-12(10)17/h3-5,7-8,13,18H,2,6H2,1H3. The van der Waals surface area contributed by atoms with Gasteiger partial charge in [-0.05, 0) is 53.2 Å². The second kappa shape index (κ2) is 6.30. The number of hydrogen-bond donors (Lipinski definition) is 1. The van der Waals surface area contributed by atoms with Crippen molar-refractivity contribution in [3.05, 3.63) is 58.0 Å². The van der Waals surface area contributed by atoms with Crippen LogP contribution in [0.25, 0.3) is 0 Å². The minimum atomic E-state index is -0.514. The van der Waals surface area contributed by atoms with Crippen LogP contribution in [0.15, 0.2) is 39.4 Å². The molecule has 1 N–H and O–H groups in total. The van der Waals surface area contributed by atoms with Crippen LogP contribution in [0.2, 0.25) is 0 Å². The van der Waals surface area contributed by atoms with Gasteiger partial charge in [-0.1, -0.05) is 6.92 Å². The van der Waals surface area contributed by atoms with Gasteiger partial charge in [0, 0.05) is 5.56 Å². The van der Waals surface area contributed by atoms with Crippen LogP contribution in [-0.4, -0.2) is 6.54 Å². The Labute approximate surface area is 118 Å². The molecule has 0 radical (unpaired) electrons. The number of halogens is 3. The molecule has 1 heterocycles. The van der Waals surface area contributed by atoms with E-state index in [0.717, 1.165) is 23.0 Å². The van der Waals surface area contributed by atoms with E-state index < -0.39 is 17.7 Å². The molecule has 1 aromatic heterocycles. The van der Waals surface area contributed by atoms with E-state index in [1.807, 2.05) is 6.92 Å². The molecular formula is C14H14BrF2NO. The Balaban J connectivity index is 2.42. The van der Waals surface area contributed by atoms with Crippen LogP contribution >= 0.6 is 15.9 Å². The van der Waals surface area contributed by atoms with Gasteiger partial charge >= 0.3 is 0 Å². The van der Waals surface area contributed by atoms with Crippen molar-refractivity contribution < 1.29 is 13.2 Å². The molecule has 0 aliphatic heterocycles. The van der Waals surface area contributed by atoms with E-state index in [1.165, 1.54) is 12.3 Å². The molecule has 0 saturated heterocycles. The molecule has 0 amide bonds. The van der Waals surface area contributed by atoms with Gasteiger partial charge in [0.15, 0.2) is 0 Å². The molecule has 5 heteroatoms. The van der Waals surface area contributed by atoms with Crippen LogP contribution < -0.4 is 5.32 Å². The smallest absolute Gasteiger partial charge is 0.139 e. The second-order valence-corrected chi connectivity index (χ2v) is 5.04. The molecule has 19 heavy (non-hydrogen) atoms. The molecule has 1 atom stereocenters. The Morgan fingerprint density at radius 3 is 2.74 bits per heavy atom. The Hall–Kier alpha value is -1.20. The van der Waals surface area contributed by atoms with Gasteiger partial charge in [0.05, 0.1) is 16.8 Å². The van der Waals surface area contributed by atoms with E-state index in [9.17, 15) is 8.78 Å². The maximum absolute atomic E-state index is 13.9.